The highest BCUT2D eigenvalue weighted by Crippen LogP contribution is 2.18. The van der Waals surface area contributed by atoms with Gasteiger partial charge in [0.2, 0.25) is 0 Å². The molecule has 0 fully saturated rings. The fourth-order valence-electron chi connectivity index (χ4n) is 1.98. The molecule has 1 N–H and O–H groups in total. The van der Waals surface area contributed by atoms with Gasteiger partial charge in [-0.3, -0.25) is 4.98 Å². The summed E-state index contributed by atoms with van der Waals surface area (Å²) in [7, 11) is 0. The molecule has 0 spiro atoms. The van der Waals surface area contributed by atoms with Gasteiger partial charge in [-0.25, -0.2) is 4.79 Å². The molecule has 0 atom stereocenters. The Morgan fingerprint density at radius 2 is 1.86 bits per heavy atom. The smallest absolute Gasteiger partial charge is 0.410 e. The Hall–Kier alpha value is -1.78. The first-order valence-electron chi connectivity index (χ1n) is 7.65. The zero-order chi connectivity index (χ0) is 17.0. The first-order valence-corrected chi connectivity index (χ1v) is 7.65. The Morgan fingerprint density at radius 1 is 1.23 bits per heavy atom. The molecular formula is C17H29N3O2. The fourth-order valence-corrected chi connectivity index (χ4v) is 1.98. The lowest BCUT2D eigenvalue weighted by atomic mass is 10.1. The van der Waals surface area contributed by atoms with Gasteiger partial charge in [0.1, 0.15) is 5.60 Å². The summed E-state index contributed by atoms with van der Waals surface area (Å²) in [6.45, 7) is 14.9. The number of hydrogen-bond acceptors (Lipinski definition) is 4. The van der Waals surface area contributed by atoms with E-state index in [2.05, 4.69) is 10.3 Å². The van der Waals surface area contributed by atoms with Gasteiger partial charge in [0.05, 0.1) is 5.69 Å². The van der Waals surface area contributed by atoms with Crippen LogP contribution in [0, 0.1) is 6.92 Å². The Labute approximate surface area is 134 Å². The third-order valence-electron chi connectivity index (χ3n) is 2.96. The van der Waals surface area contributed by atoms with Crippen LogP contribution in [0.25, 0.3) is 0 Å². The number of aryl methyl sites for hydroxylation is 1. The van der Waals surface area contributed by atoms with Crippen molar-refractivity contribution in [2.45, 2.75) is 59.6 Å². The molecule has 1 aromatic heterocycles. The normalized spacial score (nSPS) is 12.0. The van der Waals surface area contributed by atoms with E-state index in [-0.39, 0.29) is 11.6 Å². The largest absolute Gasteiger partial charge is 0.444 e. The van der Waals surface area contributed by atoms with Crippen LogP contribution in [0.4, 0.5) is 10.5 Å². The average Bonchev–Trinajstić information content (AvgIpc) is 2.30. The van der Waals surface area contributed by atoms with Crippen molar-refractivity contribution in [1.29, 1.82) is 0 Å². The molecule has 124 valence electrons. The predicted molar refractivity (Wildman–Crippen MR) is 90.2 cm³/mol. The maximum absolute atomic E-state index is 12.4. The van der Waals surface area contributed by atoms with E-state index in [0.717, 1.165) is 11.3 Å². The van der Waals surface area contributed by atoms with Gasteiger partial charge in [0, 0.05) is 31.0 Å². The minimum Gasteiger partial charge on any atom is -0.444 e. The van der Waals surface area contributed by atoms with Gasteiger partial charge in [-0.05, 0) is 60.1 Å². The number of ether oxygens (including phenoxy) is 1. The Bertz CT molecular complexity index is 501. The third-order valence-corrected chi connectivity index (χ3v) is 2.96. The van der Waals surface area contributed by atoms with Crippen molar-refractivity contribution in [1.82, 2.24) is 9.88 Å². The van der Waals surface area contributed by atoms with Crippen LogP contribution in [0.3, 0.4) is 0 Å². The maximum Gasteiger partial charge on any atom is 0.410 e. The molecular weight excluding hydrogens is 278 g/mol. The second-order valence-electron chi connectivity index (χ2n) is 7.48. The molecule has 1 aromatic rings. The van der Waals surface area contributed by atoms with E-state index in [1.165, 1.54) is 0 Å². The van der Waals surface area contributed by atoms with Crippen LogP contribution in [0.1, 0.15) is 47.1 Å². The standard InChI is InChI=1S/C17H29N3O2/c1-13-10-14(12-18-11-13)19-8-9-20(16(2,3)4)15(21)22-17(5,6)7/h10-12,19H,8-9H2,1-7H3. The summed E-state index contributed by atoms with van der Waals surface area (Å²) in [6, 6.07) is 2.03. The second-order valence-corrected chi connectivity index (χ2v) is 7.48. The van der Waals surface area contributed by atoms with Crippen LogP contribution < -0.4 is 5.32 Å². The first-order chi connectivity index (χ1) is 9.99. The molecule has 0 saturated heterocycles. The predicted octanol–water partition coefficient (Wildman–Crippen LogP) is 3.84. The lowest BCUT2D eigenvalue weighted by molar-refractivity contribution is 0.00749. The van der Waals surface area contributed by atoms with Crippen molar-refractivity contribution in [2.24, 2.45) is 0 Å². The summed E-state index contributed by atoms with van der Waals surface area (Å²) in [5.41, 5.74) is 1.27. The number of carbonyl (C=O) groups excluding carboxylic acids is 1. The SMILES string of the molecule is Cc1cncc(NCCN(C(=O)OC(C)(C)C)C(C)(C)C)c1. The summed E-state index contributed by atoms with van der Waals surface area (Å²) in [5, 5.41) is 3.29. The van der Waals surface area contributed by atoms with Crippen LogP contribution in [-0.2, 0) is 4.74 Å². The molecule has 0 aliphatic carbocycles. The number of carbonyl (C=O) groups is 1. The van der Waals surface area contributed by atoms with E-state index < -0.39 is 5.60 Å². The molecule has 5 nitrogen and oxygen atoms in total. The van der Waals surface area contributed by atoms with Crippen LogP contribution in [0.5, 0.6) is 0 Å². The molecule has 1 heterocycles. The van der Waals surface area contributed by atoms with Crippen molar-refractivity contribution < 1.29 is 9.53 Å². The number of nitrogens with one attached hydrogen (secondary N) is 1. The maximum atomic E-state index is 12.4. The molecule has 1 amide bonds. The van der Waals surface area contributed by atoms with Gasteiger partial charge in [0.15, 0.2) is 0 Å². The van der Waals surface area contributed by atoms with E-state index in [4.69, 9.17) is 4.74 Å². The number of rotatable bonds is 4. The number of pyridine rings is 1. The van der Waals surface area contributed by atoms with Crippen LogP contribution in [0.15, 0.2) is 18.5 Å². The van der Waals surface area contributed by atoms with E-state index >= 15 is 0 Å². The summed E-state index contributed by atoms with van der Waals surface area (Å²) in [5.74, 6) is 0. The van der Waals surface area contributed by atoms with Crippen LogP contribution >= 0.6 is 0 Å². The molecule has 5 heteroatoms. The zero-order valence-electron chi connectivity index (χ0n) is 14.9. The summed E-state index contributed by atoms with van der Waals surface area (Å²) in [4.78, 5) is 18.3. The van der Waals surface area contributed by atoms with Gasteiger partial charge >= 0.3 is 6.09 Å². The van der Waals surface area contributed by atoms with E-state index in [1.807, 2.05) is 60.7 Å². The Morgan fingerprint density at radius 3 is 2.36 bits per heavy atom. The lowest BCUT2D eigenvalue weighted by Crippen LogP contribution is -2.49. The van der Waals surface area contributed by atoms with Gasteiger partial charge in [-0.2, -0.15) is 0 Å². The minimum atomic E-state index is -0.492. The first kappa shape index (κ1) is 18.3. The second kappa shape index (κ2) is 6.99. The monoisotopic (exact) mass is 307 g/mol. The quantitative estimate of drug-likeness (QED) is 0.918. The molecule has 0 aromatic carbocycles. The number of nitrogens with zero attached hydrogens (tertiary/aromatic N) is 2. The van der Waals surface area contributed by atoms with Crippen molar-refractivity contribution in [3.8, 4) is 0 Å². The summed E-state index contributed by atoms with van der Waals surface area (Å²) >= 11 is 0. The van der Waals surface area contributed by atoms with Gasteiger partial charge < -0.3 is 15.0 Å². The molecule has 22 heavy (non-hydrogen) atoms. The highest BCUT2D eigenvalue weighted by molar-refractivity contribution is 5.69. The van der Waals surface area contributed by atoms with Crippen molar-refractivity contribution in [2.75, 3.05) is 18.4 Å². The molecule has 0 aliphatic heterocycles. The third kappa shape index (κ3) is 6.33. The van der Waals surface area contributed by atoms with Crippen molar-refractivity contribution in [3.63, 3.8) is 0 Å². The van der Waals surface area contributed by atoms with Gasteiger partial charge in [-0.15, -0.1) is 0 Å². The minimum absolute atomic E-state index is 0.288. The number of amides is 1. The topological polar surface area (TPSA) is 54.5 Å². The van der Waals surface area contributed by atoms with Gasteiger partial charge in [0.25, 0.3) is 0 Å². The van der Waals surface area contributed by atoms with Crippen molar-refractivity contribution in [3.05, 3.63) is 24.0 Å². The average molecular weight is 307 g/mol. The van der Waals surface area contributed by atoms with E-state index in [1.54, 1.807) is 11.1 Å². The number of hydrogen-bond donors (Lipinski definition) is 1. The van der Waals surface area contributed by atoms with E-state index in [9.17, 15) is 4.79 Å². The highest BCUT2D eigenvalue weighted by atomic mass is 16.6. The zero-order valence-corrected chi connectivity index (χ0v) is 14.9. The molecule has 0 saturated carbocycles. The Kier molecular flexibility index (Phi) is 5.80. The summed E-state index contributed by atoms with van der Waals surface area (Å²) < 4.78 is 5.50. The number of aromatic nitrogens is 1. The van der Waals surface area contributed by atoms with Crippen LogP contribution in [0.2, 0.25) is 0 Å². The lowest BCUT2D eigenvalue weighted by Gasteiger charge is -2.37. The molecule has 0 radical (unpaired) electrons. The molecule has 0 aliphatic rings. The fraction of sp³-hybridized carbons (Fsp3) is 0.647. The highest BCUT2D eigenvalue weighted by Gasteiger charge is 2.30. The Balaban J connectivity index is 2.65. The molecule has 1 rings (SSSR count). The van der Waals surface area contributed by atoms with Gasteiger partial charge in [-0.1, -0.05) is 0 Å². The summed E-state index contributed by atoms with van der Waals surface area (Å²) in [6.07, 6.45) is 3.30. The van der Waals surface area contributed by atoms with E-state index in [0.29, 0.717) is 13.1 Å². The van der Waals surface area contributed by atoms with Crippen LogP contribution in [-0.4, -0.2) is 40.2 Å². The van der Waals surface area contributed by atoms with Crippen molar-refractivity contribution >= 4 is 11.8 Å². The number of anilines is 1. The molecule has 0 unspecified atom stereocenters. The molecule has 0 bridgehead atoms.